The molecule has 1 heterocycles. The van der Waals surface area contributed by atoms with Gasteiger partial charge in [-0.05, 0) is 75.6 Å². The molecular formula is C25H29ClN4O4. The van der Waals surface area contributed by atoms with Crippen LogP contribution in [-0.4, -0.2) is 41.7 Å². The number of fused-ring (bicyclic) bond motifs is 1. The van der Waals surface area contributed by atoms with Gasteiger partial charge in [0.15, 0.2) is 0 Å². The van der Waals surface area contributed by atoms with E-state index in [4.69, 9.17) is 16.3 Å². The first-order chi connectivity index (χ1) is 16.2. The molecule has 0 radical (unpaired) electrons. The fourth-order valence-corrected chi connectivity index (χ4v) is 3.55. The number of rotatable bonds is 8. The van der Waals surface area contributed by atoms with Gasteiger partial charge in [0, 0.05) is 29.2 Å². The number of anilines is 1. The number of hydrogen-bond donors (Lipinski definition) is 3. The Kier molecular flexibility index (Phi) is 8.31. The maximum atomic E-state index is 13.2. The number of nitrogens with one attached hydrogen (secondary N) is 3. The zero-order valence-electron chi connectivity index (χ0n) is 19.7. The summed E-state index contributed by atoms with van der Waals surface area (Å²) in [4.78, 5) is 38.1. The smallest absolute Gasteiger partial charge is 0.328 e. The Balaban J connectivity index is 1.80. The van der Waals surface area contributed by atoms with Gasteiger partial charge in [0.05, 0.1) is 11.6 Å². The first kappa shape index (κ1) is 25.3. The van der Waals surface area contributed by atoms with Gasteiger partial charge in [0.2, 0.25) is 0 Å². The number of aryl methyl sites for hydroxylation is 1. The third kappa shape index (κ3) is 6.15. The third-order valence-electron chi connectivity index (χ3n) is 5.33. The van der Waals surface area contributed by atoms with Gasteiger partial charge in [-0.25, -0.2) is 4.68 Å². The number of hydrogen-bond acceptors (Lipinski definition) is 4. The van der Waals surface area contributed by atoms with Crippen molar-refractivity contribution in [2.24, 2.45) is 0 Å². The van der Waals surface area contributed by atoms with Crippen molar-refractivity contribution in [2.75, 3.05) is 23.9 Å². The zero-order valence-corrected chi connectivity index (χ0v) is 20.5. The minimum Gasteiger partial charge on any atom is -0.379 e. The lowest BCUT2D eigenvalue weighted by Gasteiger charge is -2.14. The van der Waals surface area contributed by atoms with E-state index < -0.39 is 17.7 Å². The molecule has 0 saturated heterocycles. The molecule has 0 aliphatic carbocycles. The van der Waals surface area contributed by atoms with Crippen molar-refractivity contribution in [2.45, 2.75) is 40.2 Å². The second kappa shape index (κ2) is 11.2. The van der Waals surface area contributed by atoms with Gasteiger partial charge in [-0.1, -0.05) is 23.7 Å². The zero-order chi connectivity index (χ0) is 24.8. The first-order valence-electron chi connectivity index (χ1n) is 11.1. The Morgan fingerprint density at radius 3 is 2.56 bits per heavy atom. The van der Waals surface area contributed by atoms with E-state index in [1.807, 2.05) is 39.8 Å². The molecule has 180 valence electrons. The van der Waals surface area contributed by atoms with Gasteiger partial charge in [-0.15, -0.1) is 0 Å². The minimum absolute atomic E-state index is 0.0997. The lowest BCUT2D eigenvalue weighted by atomic mass is 10.1. The van der Waals surface area contributed by atoms with E-state index in [0.29, 0.717) is 41.2 Å². The number of carbonyl (C=O) groups excluding carboxylic acids is 3. The Hall–Kier alpha value is -3.36. The van der Waals surface area contributed by atoms with Crippen LogP contribution in [0.15, 0.2) is 42.5 Å². The summed E-state index contributed by atoms with van der Waals surface area (Å²) in [5.74, 6) is -2.13. The Morgan fingerprint density at radius 1 is 1.06 bits per heavy atom. The molecular weight excluding hydrogens is 456 g/mol. The van der Waals surface area contributed by atoms with Crippen LogP contribution in [0.3, 0.4) is 0 Å². The minimum atomic E-state index is -0.891. The van der Waals surface area contributed by atoms with Gasteiger partial charge in [0.1, 0.15) is 5.69 Å². The number of nitrogens with zero attached hydrogens (tertiary/aromatic N) is 1. The molecule has 0 bridgehead atoms. The monoisotopic (exact) mass is 484 g/mol. The number of amides is 3. The van der Waals surface area contributed by atoms with Gasteiger partial charge in [0.25, 0.3) is 5.91 Å². The highest BCUT2D eigenvalue weighted by atomic mass is 35.5. The van der Waals surface area contributed by atoms with Crippen molar-refractivity contribution in [3.05, 3.63) is 64.3 Å². The van der Waals surface area contributed by atoms with Crippen LogP contribution in [0.1, 0.15) is 41.9 Å². The first-order valence-corrected chi connectivity index (χ1v) is 11.4. The maximum Gasteiger partial charge on any atom is 0.328 e. The topological polar surface area (TPSA) is 101 Å². The highest BCUT2D eigenvalue weighted by Crippen LogP contribution is 2.24. The highest BCUT2D eigenvalue weighted by Gasteiger charge is 2.21. The van der Waals surface area contributed by atoms with Gasteiger partial charge >= 0.3 is 11.8 Å². The van der Waals surface area contributed by atoms with Crippen LogP contribution in [0.25, 0.3) is 10.9 Å². The fourth-order valence-electron chi connectivity index (χ4n) is 3.37. The Bertz CT molecular complexity index is 1220. The van der Waals surface area contributed by atoms with E-state index in [1.54, 1.807) is 30.3 Å². The second-order valence-corrected chi connectivity index (χ2v) is 8.68. The molecule has 0 atom stereocenters. The molecule has 3 rings (SSSR count). The lowest BCUT2D eigenvalue weighted by Crippen LogP contribution is -2.40. The summed E-state index contributed by atoms with van der Waals surface area (Å²) < 4.78 is 6.72. The number of ether oxygens (including phenoxy) is 1. The molecule has 0 aliphatic heterocycles. The van der Waals surface area contributed by atoms with Crippen LogP contribution in [0.5, 0.6) is 0 Å². The van der Waals surface area contributed by atoms with E-state index in [-0.39, 0.29) is 11.8 Å². The average Bonchev–Trinajstić information content (AvgIpc) is 3.13. The van der Waals surface area contributed by atoms with E-state index in [0.717, 1.165) is 11.1 Å². The molecule has 8 nitrogen and oxygen atoms in total. The predicted octanol–water partition coefficient (Wildman–Crippen LogP) is 4.17. The van der Waals surface area contributed by atoms with E-state index >= 15 is 0 Å². The normalized spacial score (nSPS) is 11.0. The SMILES string of the molecule is Cc1cccc(NC(=O)c2cc3cc(Cl)ccc3n2NC(=O)C(=O)NCCCOC(C)C)c1C. The van der Waals surface area contributed by atoms with Crippen molar-refractivity contribution < 1.29 is 19.1 Å². The summed E-state index contributed by atoms with van der Waals surface area (Å²) in [5, 5.41) is 6.58. The van der Waals surface area contributed by atoms with Crippen molar-refractivity contribution in [3.8, 4) is 0 Å². The van der Waals surface area contributed by atoms with E-state index in [9.17, 15) is 14.4 Å². The van der Waals surface area contributed by atoms with Crippen LogP contribution in [0.2, 0.25) is 5.02 Å². The molecule has 3 aromatic rings. The average molecular weight is 485 g/mol. The molecule has 0 unspecified atom stereocenters. The molecule has 34 heavy (non-hydrogen) atoms. The maximum absolute atomic E-state index is 13.2. The summed E-state index contributed by atoms with van der Waals surface area (Å²) in [6, 6.07) is 12.2. The van der Waals surface area contributed by atoms with Crippen LogP contribution >= 0.6 is 11.6 Å². The Morgan fingerprint density at radius 2 is 1.82 bits per heavy atom. The van der Waals surface area contributed by atoms with Crippen molar-refractivity contribution in [1.29, 1.82) is 0 Å². The van der Waals surface area contributed by atoms with Crippen LogP contribution < -0.4 is 16.1 Å². The molecule has 2 aromatic carbocycles. The van der Waals surface area contributed by atoms with Crippen molar-refractivity contribution in [1.82, 2.24) is 9.99 Å². The molecule has 0 saturated carbocycles. The summed E-state index contributed by atoms with van der Waals surface area (Å²) in [5.41, 5.74) is 5.85. The number of aromatic nitrogens is 1. The van der Waals surface area contributed by atoms with Crippen molar-refractivity contribution in [3.63, 3.8) is 0 Å². The summed E-state index contributed by atoms with van der Waals surface area (Å²) in [6.07, 6.45) is 0.675. The summed E-state index contributed by atoms with van der Waals surface area (Å²) in [6.45, 7) is 8.49. The predicted molar refractivity (Wildman–Crippen MR) is 134 cm³/mol. The highest BCUT2D eigenvalue weighted by molar-refractivity contribution is 6.38. The van der Waals surface area contributed by atoms with Gasteiger partial charge < -0.3 is 15.4 Å². The Labute approximate surface area is 203 Å². The quantitative estimate of drug-likeness (QED) is 0.330. The largest absolute Gasteiger partial charge is 0.379 e. The van der Waals surface area contributed by atoms with Gasteiger partial charge in [-0.2, -0.15) is 0 Å². The molecule has 0 spiro atoms. The molecule has 0 aliphatic rings. The van der Waals surface area contributed by atoms with Crippen LogP contribution in [0.4, 0.5) is 5.69 Å². The van der Waals surface area contributed by atoms with Gasteiger partial charge in [-0.3, -0.25) is 19.8 Å². The lowest BCUT2D eigenvalue weighted by molar-refractivity contribution is -0.136. The van der Waals surface area contributed by atoms with E-state index in [1.165, 1.54) is 4.68 Å². The number of halogens is 1. The molecule has 1 aromatic heterocycles. The summed E-state index contributed by atoms with van der Waals surface area (Å²) in [7, 11) is 0. The van der Waals surface area contributed by atoms with Crippen LogP contribution in [-0.2, 0) is 14.3 Å². The molecule has 3 amide bonds. The molecule has 9 heteroatoms. The van der Waals surface area contributed by atoms with Crippen molar-refractivity contribution >= 4 is 45.9 Å². The molecule has 0 fully saturated rings. The van der Waals surface area contributed by atoms with E-state index in [2.05, 4.69) is 16.1 Å². The molecule has 3 N–H and O–H groups in total. The second-order valence-electron chi connectivity index (χ2n) is 8.24. The number of benzene rings is 2. The standard InChI is InChI=1S/C25H29ClN4O4/c1-15(2)34-12-6-11-27-24(32)25(33)29-30-21-10-9-19(26)13-18(21)14-22(30)23(31)28-20-8-5-7-16(3)17(20)4/h5,7-10,13-15H,6,11-12H2,1-4H3,(H,27,32)(H,28,31)(H,29,33). The van der Waals surface area contributed by atoms with Crippen LogP contribution in [0, 0.1) is 13.8 Å². The fraction of sp³-hybridized carbons (Fsp3) is 0.320. The summed E-state index contributed by atoms with van der Waals surface area (Å²) >= 11 is 6.11. The third-order valence-corrected chi connectivity index (χ3v) is 5.56. The number of carbonyl (C=O) groups is 3.